The second-order valence-corrected chi connectivity index (χ2v) is 6.23. The molecule has 0 unspecified atom stereocenters. The van der Waals surface area contributed by atoms with Gasteiger partial charge < -0.3 is 15.1 Å². The van der Waals surface area contributed by atoms with Crippen molar-refractivity contribution in [3.05, 3.63) is 60.2 Å². The maximum absolute atomic E-state index is 13.2. The first kappa shape index (κ1) is 22.1. The largest absolute Gasteiger partial charge is 0.458 e. The van der Waals surface area contributed by atoms with E-state index in [2.05, 4.69) is 29.3 Å². The minimum Gasteiger partial charge on any atom is -0.458 e. The number of nitrogens with zero attached hydrogens (tertiary/aromatic N) is 3. The van der Waals surface area contributed by atoms with Gasteiger partial charge in [-0.1, -0.05) is 44.2 Å². The van der Waals surface area contributed by atoms with Crippen molar-refractivity contribution in [3.63, 3.8) is 0 Å². The quantitative estimate of drug-likeness (QED) is 0.719. The number of carbonyl (C=O) groups excluding carboxylic acids is 2. The van der Waals surface area contributed by atoms with E-state index in [1.54, 1.807) is 48.5 Å². The van der Waals surface area contributed by atoms with E-state index < -0.39 is 5.97 Å². The number of esters is 1. The second kappa shape index (κ2) is 10.4. The molecule has 0 saturated carbocycles. The zero-order chi connectivity index (χ0) is 19.9. The summed E-state index contributed by atoms with van der Waals surface area (Å²) in [6.07, 6.45) is 0. The van der Waals surface area contributed by atoms with E-state index in [1.165, 1.54) is 4.90 Å². The Hall–Kier alpha value is -3.23. The van der Waals surface area contributed by atoms with E-state index in [-0.39, 0.29) is 23.8 Å². The molecule has 3 N–H and O–H groups in total. The highest BCUT2D eigenvalue weighted by Crippen LogP contribution is 2.25. The summed E-state index contributed by atoms with van der Waals surface area (Å²) in [5.74, 6) is -1.08. The van der Waals surface area contributed by atoms with Crippen molar-refractivity contribution in [2.45, 2.75) is 13.8 Å². The molecule has 2 aromatic carbocycles. The topological polar surface area (TPSA) is 106 Å². The molecule has 2 aromatic rings. The van der Waals surface area contributed by atoms with Crippen LogP contribution in [0.2, 0.25) is 0 Å². The Morgan fingerprint density at radius 3 is 2.41 bits per heavy atom. The monoisotopic (exact) mass is 398 g/mol. The number of amides is 1. The number of benzene rings is 2. The third-order valence-corrected chi connectivity index (χ3v) is 4.59. The van der Waals surface area contributed by atoms with Gasteiger partial charge in [-0.2, -0.15) is 0 Å². The lowest BCUT2D eigenvalue weighted by Gasteiger charge is -2.22. The van der Waals surface area contributed by atoms with Gasteiger partial charge in [-0.3, -0.25) is 15.1 Å². The van der Waals surface area contributed by atoms with Crippen LogP contribution in [-0.2, 0) is 9.53 Å². The fourth-order valence-corrected chi connectivity index (χ4v) is 2.97. The number of nitrogens with one attached hydrogen (secondary N) is 1. The Labute approximate surface area is 170 Å². The molecule has 8 heteroatoms. The molecule has 0 spiro atoms. The van der Waals surface area contributed by atoms with Gasteiger partial charge in [-0.05, 0) is 37.4 Å². The summed E-state index contributed by atoms with van der Waals surface area (Å²) < 4.78 is 5.42. The van der Waals surface area contributed by atoms with Crippen LogP contribution in [0.15, 0.2) is 59.7 Å². The maximum Gasteiger partial charge on any atom is 0.376 e. The average Bonchev–Trinajstić information content (AvgIpc) is 2.88. The van der Waals surface area contributed by atoms with Crippen LogP contribution in [0.5, 0.6) is 0 Å². The molecule has 0 saturated heterocycles. The molecule has 1 amide bonds. The summed E-state index contributed by atoms with van der Waals surface area (Å²) in [5, 5.41) is 4.19. The number of likely N-dealkylation sites (N-methyl/N-ethyl adjacent to an activating group) is 1. The Bertz CT molecular complexity index is 866. The molecule has 154 valence electrons. The lowest BCUT2D eigenvalue weighted by Crippen LogP contribution is -2.42. The highest BCUT2D eigenvalue weighted by Gasteiger charge is 2.32. The van der Waals surface area contributed by atoms with E-state index in [4.69, 9.17) is 4.74 Å². The predicted octanol–water partition coefficient (Wildman–Crippen LogP) is 2.13. The highest BCUT2D eigenvalue weighted by atomic mass is 16.5. The summed E-state index contributed by atoms with van der Waals surface area (Å²) >= 11 is 0. The molecular formula is C21H26N4O4. The van der Waals surface area contributed by atoms with Crippen LogP contribution in [0.1, 0.15) is 24.2 Å². The number of anilines is 2. The number of carbonyl (C=O) groups is 2. The summed E-state index contributed by atoms with van der Waals surface area (Å²) in [6, 6.07) is 16.0. The lowest BCUT2D eigenvalue weighted by atomic mass is 10.1. The molecule has 0 radical (unpaired) electrons. The van der Waals surface area contributed by atoms with Gasteiger partial charge in [0, 0.05) is 6.54 Å². The molecule has 1 aliphatic heterocycles. The first-order valence-electron chi connectivity index (χ1n) is 9.37. The van der Waals surface area contributed by atoms with Crippen molar-refractivity contribution in [2.24, 2.45) is 5.10 Å². The van der Waals surface area contributed by atoms with E-state index >= 15 is 0 Å². The van der Waals surface area contributed by atoms with Crippen LogP contribution in [-0.4, -0.2) is 54.3 Å². The van der Waals surface area contributed by atoms with Gasteiger partial charge in [0.2, 0.25) is 5.84 Å². The Morgan fingerprint density at radius 2 is 1.72 bits per heavy atom. The van der Waals surface area contributed by atoms with Gasteiger partial charge in [0.25, 0.3) is 5.91 Å². The van der Waals surface area contributed by atoms with Gasteiger partial charge in [0.15, 0.2) is 0 Å². The van der Waals surface area contributed by atoms with Crippen molar-refractivity contribution >= 4 is 29.1 Å². The van der Waals surface area contributed by atoms with Crippen LogP contribution in [0.25, 0.3) is 0 Å². The van der Waals surface area contributed by atoms with Gasteiger partial charge in [-0.25, -0.2) is 4.79 Å². The maximum atomic E-state index is 13.2. The van der Waals surface area contributed by atoms with Crippen molar-refractivity contribution in [3.8, 4) is 0 Å². The second-order valence-electron chi connectivity index (χ2n) is 6.23. The SMILES string of the molecule is CCN(CC)CCOC(=O)C1=NNc2ccccc2C(=O)N1c1ccccc1.O. The van der Waals surface area contributed by atoms with E-state index in [9.17, 15) is 9.59 Å². The first-order valence-corrected chi connectivity index (χ1v) is 9.37. The van der Waals surface area contributed by atoms with Crippen molar-refractivity contribution in [1.29, 1.82) is 0 Å². The van der Waals surface area contributed by atoms with Crippen LogP contribution < -0.4 is 10.3 Å². The van der Waals surface area contributed by atoms with E-state index in [0.717, 1.165) is 13.1 Å². The lowest BCUT2D eigenvalue weighted by molar-refractivity contribution is -0.136. The smallest absolute Gasteiger partial charge is 0.376 e. The number of para-hydroxylation sites is 2. The first-order chi connectivity index (χ1) is 13.7. The molecule has 3 rings (SSSR count). The molecule has 1 heterocycles. The van der Waals surface area contributed by atoms with Gasteiger partial charge >= 0.3 is 5.97 Å². The van der Waals surface area contributed by atoms with Crippen LogP contribution in [0.3, 0.4) is 0 Å². The molecule has 0 aliphatic carbocycles. The zero-order valence-electron chi connectivity index (χ0n) is 16.6. The normalized spacial score (nSPS) is 13.0. The standard InChI is InChI=1S/C21H24N4O3.H2O/c1-3-24(4-2)14-15-28-21(27)19-23-22-18-13-9-8-12-17(18)20(26)25(19)16-10-6-5-7-11-16;/h5-13,22H,3-4,14-15H2,1-2H3;1H2. The van der Waals surface area contributed by atoms with Crippen LogP contribution >= 0.6 is 0 Å². The summed E-state index contributed by atoms with van der Waals surface area (Å²) in [6.45, 7) is 6.71. The molecule has 0 fully saturated rings. The number of hydrogen-bond acceptors (Lipinski definition) is 6. The van der Waals surface area contributed by atoms with Gasteiger partial charge in [0.05, 0.1) is 16.9 Å². The molecular weight excluding hydrogens is 372 g/mol. The minimum atomic E-state index is -0.648. The summed E-state index contributed by atoms with van der Waals surface area (Å²) in [5.41, 5.74) is 4.34. The Balaban J connectivity index is 0.00000300. The third-order valence-electron chi connectivity index (χ3n) is 4.59. The molecule has 0 bridgehead atoms. The number of hydrazone groups is 1. The third kappa shape index (κ3) is 4.98. The fourth-order valence-electron chi connectivity index (χ4n) is 2.97. The Morgan fingerprint density at radius 1 is 1.07 bits per heavy atom. The minimum absolute atomic E-state index is 0. The van der Waals surface area contributed by atoms with Crippen molar-refractivity contribution in [1.82, 2.24) is 4.90 Å². The van der Waals surface area contributed by atoms with Crippen LogP contribution in [0.4, 0.5) is 11.4 Å². The van der Waals surface area contributed by atoms with Gasteiger partial charge in [0.1, 0.15) is 6.61 Å². The number of amidine groups is 1. The predicted molar refractivity (Wildman–Crippen MR) is 113 cm³/mol. The summed E-state index contributed by atoms with van der Waals surface area (Å²) in [4.78, 5) is 29.4. The fraction of sp³-hybridized carbons (Fsp3) is 0.286. The molecule has 1 aliphatic rings. The van der Waals surface area contributed by atoms with E-state index in [0.29, 0.717) is 23.5 Å². The van der Waals surface area contributed by atoms with Crippen molar-refractivity contribution < 1.29 is 19.8 Å². The Kier molecular flexibility index (Phi) is 7.88. The highest BCUT2D eigenvalue weighted by molar-refractivity contribution is 6.48. The van der Waals surface area contributed by atoms with Crippen molar-refractivity contribution in [2.75, 3.05) is 36.6 Å². The number of ether oxygens (including phenoxy) is 1. The van der Waals surface area contributed by atoms with E-state index in [1.807, 2.05) is 6.07 Å². The molecule has 0 aromatic heterocycles. The zero-order valence-corrected chi connectivity index (χ0v) is 16.6. The molecule has 0 atom stereocenters. The van der Waals surface area contributed by atoms with Gasteiger partial charge in [-0.15, -0.1) is 5.10 Å². The molecule has 29 heavy (non-hydrogen) atoms. The molecule has 8 nitrogen and oxygen atoms in total. The van der Waals surface area contributed by atoms with Crippen LogP contribution in [0, 0.1) is 0 Å². The number of fused-ring (bicyclic) bond motifs is 1. The summed E-state index contributed by atoms with van der Waals surface area (Å²) in [7, 11) is 0. The average molecular weight is 398 g/mol. The number of rotatable bonds is 7. The number of hydrogen-bond donors (Lipinski definition) is 1.